The summed E-state index contributed by atoms with van der Waals surface area (Å²) in [7, 11) is 2.12. The number of anilines is 1. The molecular weight excluding hydrogens is 534 g/mol. The molecule has 1 N–H and O–H groups in total. The third-order valence-electron chi connectivity index (χ3n) is 8.41. The second-order valence-corrected chi connectivity index (χ2v) is 11.1. The second-order valence-electron chi connectivity index (χ2n) is 11.1. The molecule has 3 aliphatic heterocycles. The summed E-state index contributed by atoms with van der Waals surface area (Å²) in [4.78, 5) is 16.3. The van der Waals surface area contributed by atoms with Gasteiger partial charge in [-0.15, -0.1) is 18.8 Å². The fourth-order valence-electron chi connectivity index (χ4n) is 6.10. The Hall–Kier alpha value is -4.03. The predicted octanol–water partition coefficient (Wildman–Crippen LogP) is 2.77. The van der Waals surface area contributed by atoms with E-state index in [-0.39, 0.29) is 24.8 Å². The number of likely N-dealkylation sites (N-methyl/N-ethyl adjacent to an activating group) is 1. The maximum absolute atomic E-state index is 6.59. The molecule has 6 rings (SSSR count). The van der Waals surface area contributed by atoms with E-state index in [0.29, 0.717) is 62.9 Å². The standard InChI is InChI=1S/C31H37N7O4/c1-5-8-22-17-37(13-14-38(22)20-39-15-6-2)29-28-30(34-31(33-29)41-18-23-9-7-12-36(23)4)42-26(19-40-28)27-21(3)10-11-25-24(27)16-32-35-25/h1-2,10-11,16,22-23,26H,7-9,12-15,17-20H2,3-4H3,(H,32,35). The zero-order chi connectivity index (χ0) is 29.1. The molecule has 0 bridgehead atoms. The molecule has 0 radical (unpaired) electrons. The van der Waals surface area contributed by atoms with Gasteiger partial charge in [0.2, 0.25) is 5.75 Å². The molecule has 2 fully saturated rings. The lowest BCUT2D eigenvalue weighted by Gasteiger charge is -2.41. The molecule has 0 saturated carbocycles. The molecule has 5 heterocycles. The van der Waals surface area contributed by atoms with Gasteiger partial charge in [-0.3, -0.25) is 10.00 Å². The van der Waals surface area contributed by atoms with Gasteiger partial charge in [-0.05, 0) is 45.0 Å². The molecule has 11 nitrogen and oxygen atoms in total. The van der Waals surface area contributed by atoms with Crippen LogP contribution in [0.1, 0.15) is 36.5 Å². The van der Waals surface area contributed by atoms with Crippen molar-refractivity contribution in [3.8, 4) is 42.3 Å². The lowest BCUT2D eigenvalue weighted by molar-refractivity contribution is 0.0146. The Labute approximate surface area is 246 Å². The summed E-state index contributed by atoms with van der Waals surface area (Å²) in [6, 6.07) is 4.74. The van der Waals surface area contributed by atoms with E-state index in [2.05, 4.69) is 56.8 Å². The number of terminal acetylenes is 2. The Bertz CT molecular complexity index is 1490. The van der Waals surface area contributed by atoms with Crippen LogP contribution in [0.15, 0.2) is 18.3 Å². The highest BCUT2D eigenvalue weighted by Gasteiger charge is 2.35. The smallest absolute Gasteiger partial charge is 0.322 e. The summed E-state index contributed by atoms with van der Waals surface area (Å²) >= 11 is 0. The number of fused-ring (bicyclic) bond motifs is 2. The highest BCUT2D eigenvalue weighted by atomic mass is 16.6. The van der Waals surface area contributed by atoms with Crippen LogP contribution in [0.3, 0.4) is 0 Å². The summed E-state index contributed by atoms with van der Waals surface area (Å²) < 4.78 is 24.9. The molecule has 3 atom stereocenters. The Morgan fingerprint density at radius 3 is 2.86 bits per heavy atom. The van der Waals surface area contributed by atoms with E-state index in [4.69, 9.17) is 41.8 Å². The van der Waals surface area contributed by atoms with Crippen molar-refractivity contribution in [2.75, 3.05) is 64.7 Å². The normalized spacial score (nSPS) is 22.7. The quantitative estimate of drug-likeness (QED) is 0.305. The first-order chi connectivity index (χ1) is 20.6. The minimum atomic E-state index is -0.366. The van der Waals surface area contributed by atoms with E-state index in [1.165, 1.54) is 0 Å². The SMILES string of the molecule is C#CCOCN1CCN(c2nc(OCC3CCCN3C)nc3c2OCC(c2c(C)ccc4[nH]ncc24)O3)CC1CC#C. The van der Waals surface area contributed by atoms with Gasteiger partial charge in [0.15, 0.2) is 11.9 Å². The molecule has 42 heavy (non-hydrogen) atoms. The molecule has 3 unspecified atom stereocenters. The molecule has 220 valence electrons. The fraction of sp³-hybridized carbons (Fsp3) is 0.516. The van der Waals surface area contributed by atoms with E-state index in [1.807, 2.05) is 12.3 Å². The van der Waals surface area contributed by atoms with Gasteiger partial charge in [0.25, 0.3) is 5.88 Å². The van der Waals surface area contributed by atoms with Crippen molar-refractivity contribution in [1.82, 2.24) is 30.0 Å². The van der Waals surface area contributed by atoms with E-state index >= 15 is 0 Å². The molecule has 3 aliphatic rings. The molecule has 0 aliphatic carbocycles. The molecule has 3 aromatic rings. The van der Waals surface area contributed by atoms with Crippen molar-refractivity contribution >= 4 is 16.7 Å². The van der Waals surface area contributed by atoms with E-state index in [0.717, 1.165) is 48.0 Å². The number of nitrogens with one attached hydrogen (secondary N) is 1. The summed E-state index contributed by atoms with van der Waals surface area (Å²) in [5.41, 5.74) is 3.06. The van der Waals surface area contributed by atoms with Crippen LogP contribution < -0.4 is 19.1 Å². The number of rotatable bonds is 9. The van der Waals surface area contributed by atoms with Gasteiger partial charge in [-0.25, -0.2) is 0 Å². The molecular formula is C31H37N7O4. The number of piperazine rings is 1. The Balaban J connectivity index is 1.30. The first kappa shape index (κ1) is 28.1. The van der Waals surface area contributed by atoms with Crippen LogP contribution in [0, 0.1) is 31.6 Å². The number of hydrogen-bond donors (Lipinski definition) is 1. The zero-order valence-electron chi connectivity index (χ0n) is 24.2. The number of likely N-dealkylation sites (tertiary alicyclic amines) is 1. The summed E-state index contributed by atoms with van der Waals surface area (Å²) in [5, 5.41) is 8.29. The van der Waals surface area contributed by atoms with Gasteiger partial charge in [0, 0.05) is 49.1 Å². The monoisotopic (exact) mass is 571 g/mol. The van der Waals surface area contributed by atoms with Crippen LogP contribution in [0.25, 0.3) is 10.9 Å². The first-order valence-electron chi connectivity index (χ1n) is 14.5. The number of hydrogen-bond acceptors (Lipinski definition) is 10. The molecule has 0 amide bonds. The van der Waals surface area contributed by atoms with Gasteiger partial charge in [0.1, 0.15) is 26.6 Å². The largest absolute Gasteiger partial charge is 0.481 e. The summed E-state index contributed by atoms with van der Waals surface area (Å²) in [5.74, 6) is 6.88. The molecule has 2 aromatic heterocycles. The van der Waals surface area contributed by atoms with Gasteiger partial charge in [-0.1, -0.05) is 12.0 Å². The van der Waals surface area contributed by atoms with Crippen molar-refractivity contribution in [1.29, 1.82) is 0 Å². The third-order valence-corrected chi connectivity index (χ3v) is 8.41. The summed E-state index contributed by atoms with van der Waals surface area (Å²) in [6.07, 6.45) is 15.4. The van der Waals surface area contributed by atoms with Crippen LogP contribution in [-0.2, 0) is 4.74 Å². The lowest BCUT2D eigenvalue weighted by Crippen LogP contribution is -2.54. The molecule has 1 aromatic carbocycles. The summed E-state index contributed by atoms with van der Waals surface area (Å²) in [6.45, 7) is 6.69. The molecule has 2 saturated heterocycles. The number of H-pyrrole nitrogens is 1. The van der Waals surface area contributed by atoms with Crippen LogP contribution in [0.2, 0.25) is 0 Å². The number of aromatic amines is 1. The van der Waals surface area contributed by atoms with Crippen molar-refractivity contribution in [2.24, 2.45) is 0 Å². The maximum atomic E-state index is 6.59. The number of aryl methyl sites for hydroxylation is 1. The van der Waals surface area contributed by atoms with Gasteiger partial charge >= 0.3 is 6.01 Å². The number of benzene rings is 1. The highest BCUT2D eigenvalue weighted by molar-refractivity contribution is 5.83. The zero-order valence-corrected chi connectivity index (χ0v) is 24.2. The van der Waals surface area contributed by atoms with Gasteiger partial charge in [-0.2, -0.15) is 15.1 Å². The van der Waals surface area contributed by atoms with Crippen molar-refractivity contribution in [2.45, 2.75) is 44.4 Å². The van der Waals surface area contributed by atoms with E-state index in [1.54, 1.807) is 0 Å². The third kappa shape index (κ3) is 5.68. The first-order valence-corrected chi connectivity index (χ1v) is 14.5. The average molecular weight is 572 g/mol. The van der Waals surface area contributed by atoms with E-state index in [9.17, 15) is 0 Å². The van der Waals surface area contributed by atoms with Crippen LogP contribution in [0.5, 0.6) is 17.6 Å². The molecule has 0 spiro atoms. The minimum absolute atomic E-state index is 0.0576. The van der Waals surface area contributed by atoms with E-state index < -0.39 is 0 Å². The van der Waals surface area contributed by atoms with Crippen molar-refractivity contribution in [3.63, 3.8) is 0 Å². The maximum Gasteiger partial charge on any atom is 0.322 e. The Morgan fingerprint density at radius 2 is 2.05 bits per heavy atom. The topological polar surface area (TPSA) is 101 Å². The fourth-order valence-corrected chi connectivity index (χ4v) is 6.10. The lowest BCUT2D eigenvalue weighted by atomic mass is 9.99. The number of aromatic nitrogens is 4. The Kier molecular flexibility index (Phi) is 8.34. The number of ether oxygens (including phenoxy) is 4. The average Bonchev–Trinajstić information content (AvgIpc) is 3.65. The van der Waals surface area contributed by atoms with Crippen molar-refractivity contribution < 1.29 is 18.9 Å². The van der Waals surface area contributed by atoms with Crippen LogP contribution in [-0.4, -0.2) is 102 Å². The van der Waals surface area contributed by atoms with Gasteiger partial charge in [0.05, 0.1) is 11.7 Å². The van der Waals surface area contributed by atoms with Gasteiger partial charge < -0.3 is 28.7 Å². The second kappa shape index (κ2) is 12.5. The minimum Gasteiger partial charge on any atom is -0.481 e. The van der Waals surface area contributed by atoms with Crippen molar-refractivity contribution in [3.05, 3.63) is 29.5 Å². The Morgan fingerprint density at radius 1 is 1.14 bits per heavy atom. The highest BCUT2D eigenvalue weighted by Crippen LogP contribution is 2.44. The van der Waals surface area contributed by atoms with Crippen LogP contribution >= 0.6 is 0 Å². The number of nitrogens with zero attached hydrogens (tertiary/aromatic N) is 6. The predicted molar refractivity (Wildman–Crippen MR) is 159 cm³/mol. The van der Waals surface area contributed by atoms with Crippen LogP contribution in [0.4, 0.5) is 5.82 Å². The molecule has 11 heteroatoms.